The number of carbonyl (C=O) groups excluding carboxylic acids is 2. The van der Waals surface area contributed by atoms with Crippen molar-refractivity contribution in [1.29, 1.82) is 0 Å². The first-order chi connectivity index (χ1) is 15.6. The Morgan fingerprint density at radius 1 is 1.18 bits per heavy atom. The second kappa shape index (κ2) is 6.64. The summed E-state index contributed by atoms with van der Waals surface area (Å²) in [5.74, 6) is -1.20. The summed E-state index contributed by atoms with van der Waals surface area (Å²) in [6.45, 7) is 1.16. The summed E-state index contributed by atoms with van der Waals surface area (Å²) < 4.78 is 11.2. The van der Waals surface area contributed by atoms with Crippen molar-refractivity contribution in [3.8, 4) is 5.75 Å². The number of hydrogen-bond acceptors (Lipinski definition) is 9. The number of benzene rings is 2. The normalized spacial score (nSPS) is 26.1. The molecule has 2 aromatic carbocycles. The van der Waals surface area contributed by atoms with Gasteiger partial charge in [-0.15, -0.1) is 0 Å². The molecule has 0 bridgehead atoms. The van der Waals surface area contributed by atoms with Crippen LogP contribution in [0.4, 0.5) is 17.1 Å². The van der Waals surface area contributed by atoms with Gasteiger partial charge in [-0.3, -0.25) is 25.0 Å². The first-order valence-electron chi connectivity index (χ1n) is 10.0. The van der Waals surface area contributed by atoms with Gasteiger partial charge in [-0.05, 0) is 18.1 Å². The van der Waals surface area contributed by atoms with Crippen molar-refractivity contribution < 1.29 is 28.9 Å². The molecule has 170 valence electrons. The van der Waals surface area contributed by atoms with E-state index in [-0.39, 0.29) is 24.3 Å². The molecule has 0 radical (unpaired) electrons. The molecule has 0 unspecified atom stereocenters. The van der Waals surface area contributed by atoms with E-state index in [0.29, 0.717) is 11.3 Å². The van der Waals surface area contributed by atoms with Crippen LogP contribution in [0.3, 0.4) is 0 Å². The molecule has 3 aliphatic heterocycles. The van der Waals surface area contributed by atoms with E-state index in [1.165, 1.54) is 25.0 Å². The van der Waals surface area contributed by atoms with Crippen molar-refractivity contribution in [3.63, 3.8) is 0 Å². The number of ether oxygens (including phenoxy) is 2. The molecule has 3 atom stereocenters. The first kappa shape index (κ1) is 20.7. The van der Waals surface area contributed by atoms with E-state index < -0.39 is 50.3 Å². The van der Waals surface area contributed by atoms with E-state index in [4.69, 9.17) is 9.47 Å². The smallest absolute Gasteiger partial charge is 0.328 e. The molecule has 0 aliphatic carbocycles. The maximum Gasteiger partial charge on any atom is 0.328 e. The van der Waals surface area contributed by atoms with Gasteiger partial charge in [-0.2, -0.15) is 0 Å². The van der Waals surface area contributed by atoms with Crippen LogP contribution in [0.2, 0.25) is 0 Å². The number of nitro benzene ring substituents is 2. The summed E-state index contributed by atoms with van der Waals surface area (Å²) in [7, 11) is 1.20. The minimum atomic E-state index is -1.41. The van der Waals surface area contributed by atoms with Crippen molar-refractivity contribution in [1.82, 2.24) is 4.90 Å². The van der Waals surface area contributed by atoms with Gasteiger partial charge in [0.15, 0.2) is 0 Å². The monoisotopic (exact) mass is 454 g/mol. The number of piperidine rings is 1. The largest absolute Gasteiger partial charge is 0.467 e. The molecule has 1 fully saturated rings. The van der Waals surface area contributed by atoms with E-state index in [2.05, 4.69) is 5.32 Å². The van der Waals surface area contributed by atoms with Gasteiger partial charge in [0, 0.05) is 24.2 Å². The Balaban J connectivity index is 1.85. The minimum absolute atomic E-state index is 0.0470. The highest BCUT2D eigenvalue weighted by atomic mass is 16.6. The third kappa shape index (κ3) is 2.51. The molecular formula is C21H18N4O8. The van der Waals surface area contributed by atoms with Gasteiger partial charge < -0.3 is 19.7 Å². The van der Waals surface area contributed by atoms with Crippen LogP contribution >= 0.6 is 0 Å². The molecule has 3 heterocycles. The predicted octanol–water partition coefficient (Wildman–Crippen LogP) is 2.10. The van der Waals surface area contributed by atoms with E-state index in [0.717, 1.165) is 6.07 Å². The Labute approximate surface area is 186 Å². The standard InChI is InChI=1S/C21H18N4O8/c1-11(26)23-10-21-20(9-17(23)19(27)32-2,13-5-3-4-6-15(13)22-21)14-7-12(24(28)29)8-16(25(30)31)18(14)33-21/h3-8,17,22H,9-10H2,1-2H3/t17-,20+,21-/m0/s1. The number of hydrogen-bond donors (Lipinski definition) is 1. The highest BCUT2D eigenvalue weighted by Gasteiger charge is 2.72. The van der Waals surface area contributed by atoms with Crippen molar-refractivity contribution in [2.24, 2.45) is 0 Å². The van der Waals surface area contributed by atoms with Crippen LogP contribution in [0.15, 0.2) is 36.4 Å². The number of nitro groups is 2. The van der Waals surface area contributed by atoms with Gasteiger partial charge in [0.2, 0.25) is 17.4 Å². The number of anilines is 1. The van der Waals surface area contributed by atoms with Crippen molar-refractivity contribution in [2.45, 2.75) is 30.5 Å². The highest BCUT2D eigenvalue weighted by molar-refractivity contribution is 5.86. The molecule has 2 aromatic rings. The first-order valence-corrected chi connectivity index (χ1v) is 10.0. The van der Waals surface area contributed by atoms with E-state index in [1.54, 1.807) is 24.3 Å². The van der Waals surface area contributed by atoms with Crippen LogP contribution in [0.5, 0.6) is 5.75 Å². The Morgan fingerprint density at radius 2 is 1.91 bits per heavy atom. The van der Waals surface area contributed by atoms with Crippen molar-refractivity contribution >= 4 is 28.9 Å². The molecule has 5 rings (SSSR count). The van der Waals surface area contributed by atoms with E-state index in [1.807, 2.05) is 0 Å². The summed E-state index contributed by atoms with van der Waals surface area (Å²) in [6, 6.07) is 8.19. The number of methoxy groups -OCH3 is 1. The fourth-order valence-electron chi connectivity index (χ4n) is 5.44. The zero-order valence-corrected chi connectivity index (χ0v) is 17.6. The maximum absolute atomic E-state index is 12.7. The summed E-state index contributed by atoms with van der Waals surface area (Å²) in [5.41, 5.74) is -2.13. The van der Waals surface area contributed by atoms with Crippen LogP contribution in [-0.4, -0.2) is 52.0 Å². The molecule has 0 saturated carbocycles. The third-order valence-electron chi connectivity index (χ3n) is 6.76. The number of carbonyl (C=O) groups is 2. The summed E-state index contributed by atoms with van der Waals surface area (Å²) >= 11 is 0. The molecule has 1 saturated heterocycles. The van der Waals surface area contributed by atoms with Crippen molar-refractivity contribution in [3.05, 3.63) is 67.8 Å². The predicted molar refractivity (Wildman–Crippen MR) is 112 cm³/mol. The number of likely N-dealkylation sites (tertiary alicyclic amines) is 1. The van der Waals surface area contributed by atoms with Crippen LogP contribution in [-0.2, 0) is 19.7 Å². The molecule has 0 spiro atoms. The Morgan fingerprint density at radius 3 is 2.55 bits per heavy atom. The number of rotatable bonds is 3. The lowest BCUT2D eigenvalue weighted by Gasteiger charge is -2.49. The lowest BCUT2D eigenvalue weighted by atomic mass is 9.64. The lowest BCUT2D eigenvalue weighted by Crippen LogP contribution is -2.69. The Kier molecular flexibility index (Phi) is 4.16. The number of non-ortho nitro benzene ring substituents is 1. The second-order valence-corrected chi connectivity index (χ2v) is 8.25. The van der Waals surface area contributed by atoms with Gasteiger partial charge in [-0.25, -0.2) is 4.79 Å². The number of para-hydroxylation sites is 1. The second-order valence-electron chi connectivity index (χ2n) is 8.25. The van der Waals surface area contributed by atoms with Crippen LogP contribution in [0, 0.1) is 20.2 Å². The van der Waals surface area contributed by atoms with Crippen LogP contribution in [0.25, 0.3) is 0 Å². The molecule has 12 nitrogen and oxygen atoms in total. The van der Waals surface area contributed by atoms with Gasteiger partial charge in [0.05, 0.1) is 35.0 Å². The molecule has 1 amide bonds. The number of amides is 1. The van der Waals surface area contributed by atoms with Crippen LogP contribution in [0.1, 0.15) is 24.5 Å². The maximum atomic E-state index is 12.7. The van der Waals surface area contributed by atoms with E-state index in [9.17, 15) is 29.8 Å². The zero-order chi connectivity index (χ0) is 23.7. The minimum Gasteiger partial charge on any atom is -0.467 e. The number of nitrogens with zero attached hydrogens (tertiary/aromatic N) is 3. The summed E-state index contributed by atoms with van der Waals surface area (Å²) in [4.78, 5) is 48.6. The zero-order valence-electron chi connectivity index (χ0n) is 17.6. The summed E-state index contributed by atoms with van der Waals surface area (Å²) in [5, 5.41) is 26.7. The average Bonchev–Trinajstić information content (AvgIpc) is 3.22. The molecule has 1 N–H and O–H groups in total. The van der Waals surface area contributed by atoms with Gasteiger partial charge in [0.25, 0.3) is 5.69 Å². The number of esters is 1. The molecule has 0 aromatic heterocycles. The highest BCUT2D eigenvalue weighted by Crippen LogP contribution is 2.65. The topological polar surface area (TPSA) is 154 Å². The van der Waals surface area contributed by atoms with Crippen molar-refractivity contribution in [2.75, 3.05) is 19.0 Å². The molecule has 3 aliphatic rings. The third-order valence-corrected chi connectivity index (χ3v) is 6.76. The fraction of sp³-hybridized carbons (Fsp3) is 0.333. The van der Waals surface area contributed by atoms with Gasteiger partial charge >= 0.3 is 11.7 Å². The summed E-state index contributed by atoms with van der Waals surface area (Å²) in [6.07, 6.45) is -0.0470. The molecular weight excluding hydrogens is 436 g/mol. The van der Waals surface area contributed by atoms with Gasteiger partial charge in [-0.1, -0.05) is 18.2 Å². The molecule has 33 heavy (non-hydrogen) atoms. The Hall–Kier alpha value is -4.22. The van der Waals surface area contributed by atoms with Gasteiger partial charge in [0.1, 0.15) is 6.04 Å². The van der Waals surface area contributed by atoms with Crippen LogP contribution < -0.4 is 10.1 Å². The fourth-order valence-corrected chi connectivity index (χ4v) is 5.44. The molecule has 12 heteroatoms. The number of nitrogens with one attached hydrogen (secondary N) is 1. The lowest BCUT2D eigenvalue weighted by molar-refractivity contribution is -0.394. The number of fused-ring (bicyclic) bond motifs is 2. The quantitative estimate of drug-likeness (QED) is 0.417. The van der Waals surface area contributed by atoms with E-state index >= 15 is 0 Å². The average molecular weight is 454 g/mol. The Bertz CT molecular complexity index is 1260. The SMILES string of the molecule is COC(=O)[C@@H]1C[C@]23c4ccccc4N[C@@]2(CN1C(C)=O)Oc1c([N+](=O)[O-])cc([N+](=O)[O-])cc13.